The summed E-state index contributed by atoms with van der Waals surface area (Å²) in [6.07, 6.45) is 0.177. The fourth-order valence-corrected chi connectivity index (χ4v) is 2.85. The Hall–Kier alpha value is 0.137. The molecule has 1 heterocycles. The zero-order valence-corrected chi connectivity index (χ0v) is 7.22. The Kier molecular flexibility index (Phi) is 1.67. The van der Waals surface area contributed by atoms with Gasteiger partial charge >= 0.3 is 0 Å². The maximum atomic E-state index is 8.64. The molecule has 0 spiro atoms. The fourth-order valence-electron chi connectivity index (χ4n) is 1.04. The van der Waals surface area contributed by atoms with Gasteiger partial charge in [0.1, 0.15) is 6.10 Å². The van der Waals surface area contributed by atoms with Crippen LogP contribution in [0, 0.1) is 0 Å². The fraction of sp³-hybridized carbons (Fsp3) is 1.00. The third kappa shape index (κ3) is 1.53. The Morgan fingerprint density at radius 3 is 2.11 bits per heavy atom. The number of ether oxygens (including phenoxy) is 1. The second-order valence-corrected chi connectivity index (χ2v) is 8.94. The minimum atomic E-state index is -1.09. The van der Waals surface area contributed by atoms with Crippen molar-refractivity contribution in [1.29, 1.82) is 0 Å². The van der Waals surface area contributed by atoms with Crippen LogP contribution in [0.15, 0.2) is 0 Å². The summed E-state index contributed by atoms with van der Waals surface area (Å²) < 4.78 is 5.24. The summed E-state index contributed by atoms with van der Waals surface area (Å²) in [5.41, 5.74) is 0.419. The van der Waals surface area contributed by atoms with Crippen molar-refractivity contribution >= 4 is 8.07 Å². The van der Waals surface area contributed by atoms with E-state index >= 15 is 0 Å². The van der Waals surface area contributed by atoms with Crippen LogP contribution in [0.4, 0.5) is 0 Å². The molecule has 2 atom stereocenters. The maximum absolute atomic E-state index is 8.64. The lowest BCUT2D eigenvalue weighted by molar-refractivity contribution is 0.243. The zero-order chi connectivity index (χ0) is 7.07. The normalized spacial score (nSPS) is 34.7. The van der Waals surface area contributed by atoms with E-state index in [4.69, 9.17) is 9.84 Å². The second kappa shape index (κ2) is 2.07. The van der Waals surface area contributed by atoms with Gasteiger partial charge < -0.3 is 9.84 Å². The summed E-state index contributed by atoms with van der Waals surface area (Å²) in [4.78, 5) is 0. The number of aliphatic hydroxyl groups is 1. The van der Waals surface area contributed by atoms with Gasteiger partial charge in [-0.1, -0.05) is 19.6 Å². The Labute approximate surface area is 56.8 Å². The lowest BCUT2D eigenvalue weighted by Gasteiger charge is -2.10. The molecule has 0 saturated carbocycles. The number of rotatable bonds is 2. The molecule has 0 aromatic carbocycles. The van der Waals surface area contributed by atoms with E-state index in [2.05, 4.69) is 19.6 Å². The minimum absolute atomic E-state index is 0.177. The van der Waals surface area contributed by atoms with E-state index in [1.807, 2.05) is 0 Å². The van der Waals surface area contributed by atoms with Gasteiger partial charge in [-0.3, -0.25) is 0 Å². The van der Waals surface area contributed by atoms with Gasteiger partial charge in [0, 0.05) is 0 Å². The standard InChI is InChI=1S/C6H14O2Si/c1-9(2,3)6-5(4-7)8-6/h5-7H,4H2,1-3H3/t5-,6+/m0/s1. The number of aliphatic hydroxyl groups excluding tert-OH is 1. The highest BCUT2D eigenvalue weighted by atomic mass is 28.3. The molecule has 0 aliphatic carbocycles. The van der Waals surface area contributed by atoms with Crippen molar-refractivity contribution < 1.29 is 9.84 Å². The topological polar surface area (TPSA) is 32.8 Å². The van der Waals surface area contributed by atoms with Gasteiger partial charge in [0.05, 0.1) is 20.4 Å². The summed E-state index contributed by atoms with van der Waals surface area (Å²) in [5, 5.41) is 8.64. The summed E-state index contributed by atoms with van der Waals surface area (Å²) in [6.45, 7) is 6.98. The van der Waals surface area contributed by atoms with Crippen molar-refractivity contribution in [2.24, 2.45) is 0 Å². The summed E-state index contributed by atoms with van der Waals surface area (Å²) in [7, 11) is -1.09. The second-order valence-electron chi connectivity index (χ2n) is 3.64. The van der Waals surface area contributed by atoms with Gasteiger partial charge in [-0.05, 0) is 0 Å². The molecule has 0 radical (unpaired) electrons. The SMILES string of the molecule is C[Si](C)(C)[C@H]1O[C@H]1CO. The van der Waals surface area contributed by atoms with Crippen LogP contribution >= 0.6 is 0 Å². The zero-order valence-electron chi connectivity index (χ0n) is 6.22. The van der Waals surface area contributed by atoms with Crippen LogP contribution in [0.5, 0.6) is 0 Å². The smallest absolute Gasteiger partial charge is 0.104 e. The van der Waals surface area contributed by atoms with Crippen molar-refractivity contribution in [2.75, 3.05) is 6.61 Å². The Morgan fingerprint density at radius 2 is 2.00 bits per heavy atom. The van der Waals surface area contributed by atoms with Gasteiger partial charge in [-0.2, -0.15) is 0 Å². The molecule has 0 bridgehead atoms. The van der Waals surface area contributed by atoms with Gasteiger partial charge in [-0.15, -0.1) is 0 Å². The third-order valence-corrected chi connectivity index (χ3v) is 3.83. The Morgan fingerprint density at radius 1 is 1.44 bits per heavy atom. The molecule has 1 N–H and O–H groups in total. The summed E-state index contributed by atoms with van der Waals surface area (Å²) in [6, 6.07) is 0. The highest BCUT2D eigenvalue weighted by Crippen LogP contribution is 2.30. The lowest BCUT2D eigenvalue weighted by atomic mass is 10.5. The van der Waals surface area contributed by atoms with E-state index in [0.717, 1.165) is 0 Å². The first kappa shape index (κ1) is 7.25. The molecule has 0 unspecified atom stereocenters. The maximum Gasteiger partial charge on any atom is 0.104 e. The molecule has 0 aromatic heterocycles. The van der Waals surface area contributed by atoms with Crippen LogP contribution < -0.4 is 0 Å². The molecule has 3 heteroatoms. The van der Waals surface area contributed by atoms with E-state index in [0.29, 0.717) is 5.73 Å². The molecule has 1 aliphatic heterocycles. The number of hydrogen-bond donors (Lipinski definition) is 1. The predicted octanol–water partition coefficient (Wildman–Crippen LogP) is 0.623. The number of epoxide rings is 1. The van der Waals surface area contributed by atoms with E-state index in [9.17, 15) is 0 Å². The molecule has 0 amide bonds. The Bertz CT molecular complexity index is 108. The highest BCUT2D eigenvalue weighted by Gasteiger charge is 2.47. The van der Waals surface area contributed by atoms with E-state index in [1.54, 1.807) is 0 Å². The van der Waals surface area contributed by atoms with Crippen LogP contribution in [-0.4, -0.2) is 31.6 Å². The average molecular weight is 146 g/mol. The molecule has 2 nitrogen and oxygen atoms in total. The average Bonchev–Trinajstić information content (AvgIpc) is 2.39. The predicted molar refractivity (Wildman–Crippen MR) is 39.1 cm³/mol. The van der Waals surface area contributed by atoms with Crippen LogP contribution in [0.25, 0.3) is 0 Å². The van der Waals surface area contributed by atoms with Crippen LogP contribution in [0.2, 0.25) is 19.6 Å². The Balaban J connectivity index is 2.33. The monoisotopic (exact) mass is 146 g/mol. The summed E-state index contributed by atoms with van der Waals surface area (Å²) >= 11 is 0. The molecule has 1 saturated heterocycles. The molecule has 1 fully saturated rings. The molecular formula is C6H14O2Si. The minimum Gasteiger partial charge on any atom is -0.394 e. The molecule has 9 heavy (non-hydrogen) atoms. The third-order valence-electron chi connectivity index (χ3n) is 1.62. The molecule has 1 rings (SSSR count). The van der Waals surface area contributed by atoms with Gasteiger partial charge in [0.25, 0.3) is 0 Å². The van der Waals surface area contributed by atoms with Crippen LogP contribution in [-0.2, 0) is 4.74 Å². The molecule has 0 aromatic rings. The van der Waals surface area contributed by atoms with Crippen molar-refractivity contribution in [3.63, 3.8) is 0 Å². The van der Waals surface area contributed by atoms with Gasteiger partial charge in [-0.25, -0.2) is 0 Å². The number of hydrogen-bond acceptors (Lipinski definition) is 2. The lowest BCUT2D eigenvalue weighted by Crippen LogP contribution is -2.31. The van der Waals surface area contributed by atoms with Crippen LogP contribution in [0.1, 0.15) is 0 Å². The van der Waals surface area contributed by atoms with Gasteiger partial charge in [0.15, 0.2) is 0 Å². The van der Waals surface area contributed by atoms with E-state index in [1.165, 1.54) is 0 Å². The molecule has 54 valence electrons. The quantitative estimate of drug-likeness (QED) is 0.457. The van der Waals surface area contributed by atoms with Crippen molar-refractivity contribution in [2.45, 2.75) is 31.5 Å². The van der Waals surface area contributed by atoms with E-state index < -0.39 is 8.07 Å². The molecular weight excluding hydrogens is 132 g/mol. The highest BCUT2D eigenvalue weighted by molar-refractivity contribution is 6.78. The van der Waals surface area contributed by atoms with Gasteiger partial charge in [0.2, 0.25) is 0 Å². The summed E-state index contributed by atoms with van der Waals surface area (Å²) in [5.74, 6) is 0. The van der Waals surface area contributed by atoms with E-state index in [-0.39, 0.29) is 12.7 Å². The largest absolute Gasteiger partial charge is 0.394 e. The van der Waals surface area contributed by atoms with Crippen molar-refractivity contribution in [1.82, 2.24) is 0 Å². The first-order valence-electron chi connectivity index (χ1n) is 3.32. The van der Waals surface area contributed by atoms with Crippen LogP contribution in [0.3, 0.4) is 0 Å². The first-order chi connectivity index (χ1) is 4.05. The molecule has 1 aliphatic rings. The van der Waals surface area contributed by atoms with Crippen molar-refractivity contribution in [3.8, 4) is 0 Å². The first-order valence-corrected chi connectivity index (χ1v) is 6.90. The van der Waals surface area contributed by atoms with Crippen molar-refractivity contribution in [3.05, 3.63) is 0 Å².